The van der Waals surface area contributed by atoms with Gasteiger partial charge in [0.15, 0.2) is 0 Å². The Balaban J connectivity index is 1.71. The number of aryl methyl sites for hydroxylation is 2. The van der Waals surface area contributed by atoms with E-state index in [1.165, 1.54) is 0 Å². The van der Waals surface area contributed by atoms with Crippen LogP contribution in [0.25, 0.3) is 0 Å². The molecule has 0 aliphatic rings. The topological polar surface area (TPSA) is 89.8 Å². The van der Waals surface area contributed by atoms with Gasteiger partial charge in [-0.3, -0.25) is 20.4 Å². The quantitative estimate of drug-likeness (QED) is 0.791. The summed E-state index contributed by atoms with van der Waals surface area (Å²) in [6.45, 7) is 3.63. The average molecular weight is 332 g/mol. The van der Waals surface area contributed by atoms with Gasteiger partial charge in [0.25, 0.3) is 5.91 Å². The molecule has 2 rings (SSSR count). The van der Waals surface area contributed by atoms with Gasteiger partial charge in [-0.2, -0.15) is 0 Å². The van der Waals surface area contributed by atoms with Crippen molar-refractivity contribution in [2.24, 2.45) is 0 Å². The SMILES string of the molecule is COc1ccc(OCCC(=O)NNC(=O)c2cc(C)oc2C)cc1. The van der Waals surface area contributed by atoms with Gasteiger partial charge in [0, 0.05) is 0 Å². The molecule has 7 nitrogen and oxygen atoms in total. The summed E-state index contributed by atoms with van der Waals surface area (Å²) in [5.74, 6) is 1.73. The van der Waals surface area contributed by atoms with Crippen molar-refractivity contribution in [1.29, 1.82) is 0 Å². The number of carbonyl (C=O) groups is 2. The lowest BCUT2D eigenvalue weighted by Gasteiger charge is -2.08. The van der Waals surface area contributed by atoms with Crippen LogP contribution in [-0.4, -0.2) is 25.5 Å². The minimum atomic E-state index is -0.422. The molecule has 2 aromatic rings. The normalized spacial score (nSPS) is 10.1. The van der Waals surface area contributed by atoms with Crippen molar-refractivity contribution in [1.82, 2.24) is 10.9 Å². The molecule has 1 heterocycles. The van der Waals surface area contributed by atoms with Crippen LogP contribution in [0.15, 0.2) is 34.7 Å². The van der Waals surface area contributed by atoms with E-state index in [-0.39, 0.29) is 18.9 Å². The summed E-state index contributed by atoms with van der Waals surface area (Å²) in [7, 11) is 1.58. The summed E-state index contributed by atoms with van der Waals surface area (Å²) in [5.41, 5.74) is 5.08. The molecule has 24 heavy (non-hydrogen) atoms. The van der Waals surface area contributed by atoms with Crippen molar-refractivity contribution in [3.05, 3.63) is 47.4 Å². The molecule has 1 aromatic heterocycles. The molecule has 0 bridgehead atoms. The van der Waals surface area contributed by atoms with E-state index < -0.39 is 5.91 Å². The maximum Gasteiger partial charge on any atom is 0.273 e. The first kappa shape index (κ1) is 17.4. The monoisotopic (exact) mass is 332 g/mol. The van der Waals surface area contributed by atoms with E-state index in [1.54, 1.807) is 51.3 Å². The van der Waals surface area contributed by atoms with Crippen LogP contribution in [0.3, 0.4) is 0 Å². The number of hydrogen-bond donors (Lipinski definition) is 2. The Morgan fingerprint density at radius 2 is 1.75 bits per heavy atom. The minimum absolute atomic E-state index is 0.107. The number of methoxy groups -OCH3 is 1. The van der Waals surface area contributed by atoms with Crippen LogP contribution in [0, 0.1) is 13.8 Å². The lowest BCUT2D eigenvalue weighted by Crippen LogP contribution is -2.42. The number of furan rings is 1. The summed E-state index contributed by atoms with van der Waals surface area (Å²) in [6, 6.07) is 8.66. The average Bonchev–Trinajstić information content (AvgIpc) is 2.92. The molecule has 0 aliphatic heterocycles. The second-order valence-electron chi connectivity index (χ2n) is 5.10. The zero-order chi connectivity index (χ0) is 17.5. The van der Waals surface area contributed by atoms with Gasteiger partial charge < -0.3 is 13.9 Å². The Morgan fingerprint density at radius 3 is 2.33 bits per heavy atom. The van der Waals surface area contributed by atoms with E-state index in [9.17, 15) is 9.59 Å². The molecule has 2 N–H and O–H groups in total. The number of rotatable bonds is 6. The number of nitrogens with one attached hydrogen (secondary N) is 2. The second-order valence-corrected chi connectivity index (χ2v) is 5.10. The largest absolute Gasteiger partial charge is 0.497 e. The van der Waals surface area contributed by atoms with E-state index in [4.69, 9.17) is 13.9 Å². The molecule has 0 aliphatic carbocycles. The molecular weight excluding hydrogens is 312 g/mol. The van der Waals surface area contributed by atoms with Gasteiger partial charge in [-0.25, -0.2) is 0 Å². The van der Waals surface area contributed by atoms with Crippen molar-refractivity contribution in [2.75, 3.05) is 13.7 Å². The van der Waals surface area contributed by atoms with Crippen LogP contribution in [-0.2, 0) is 4.79 Å². The van der Waals surface area contributed by atoms with Gasteiger partial charge >= 0.3 is 0 Å². The maximum absolute atomic E-state index is 11.9. The number of hydrogen-bond acceptors (Lipinski definition) is 5. The highest BCUT2D eigenvalue weighted by Crippen LogP contribution is 2.17. The Kier molecular flexibility index (Phi) is 5.83. The highest BCUT2D eigenvalue weighted by Gasteiger charge is 2.14. The van der Waals surface area contributed by atoms with E-state index in [2.05, 4.69) is 10.9 Å². The van der Waals surface area contributed by atoms with Crippen molar-refractivity contribution < 1.29 is 23.5 Å². The fourth-order valence-corrected chi connectivity index (χ4v) is 2.05. The Hall–Kier alpha value is -2.96. The summed E-state index contributed by atoms with van der Waals surface area (Å²) in [4.78, 5) is 23.6. The van der Waals surface area contributed by atoms with E-state index in [0.717, 1.165) is 5.75 Å². The molecular formula is C17H20N2O5. The lowest BCUT2D eigenvalue weighted by molar-refractivity contribution is -0.122. The van der Waals surface area contributed by atoms with Gasteiger partial charge in [0.1, 0.15) is 23.0 Å². The smallest absolute Gasteiger partial charge is 0.273 e. The lowest BCUT2D eigenvalue weighted by atomic mass is 10.2. The third-order valence-electron chi connectivity index (χ3n) is 3.26. The Bertz CT molecular complexity index is 706. The highest BCUT2D eigenvalue weighted by atomic mass is 16.5. The van der Waals surface area contributed by atoms with Crippen LogP contribution in [0.2, 0.25) is 0 Å². The van der Waals surface area contributed by atoms with Crippen molar-refractivity contribution in [2.45, 2.75) is 20.3 Å². The Morgan fingerprint density at radius 1 is 1.08 bits per heavy atom. The zero-order valence-electron chi connectivity index (χ0n) is 13.8. The number of ether oxygens (including phenoxy) is 2. The van der Waals surface area contributed by atoms with Crippen LogP contribution >= 0.6 is 0 Å². The van der Waals surface area contributed by atoms with Crippen molar-refractivity contribution in [3.8, 4) is 11.5 Å². The first-order chi connectivity index (χ1) is 11.5. The summed E-state index contributed by atoms with van der Waals surface area (Å²) >= 11 is 0. The zero-order valence-corrected chi connectivity index (χ0v) is 13.8. The maximum atomic E-state index is 11.9. The first-order valence-corrected chi connectivity index (χ1v) is 7.42. The molecule has 1 aromatic carbocycles. The molecule has 0 unspecified atom stereocenters. The summed E-state index contributed by atoms with van der Waals surface area (Å²) in [6.07, 6.45) is 0.107. The summed E-state index contributed by atoms with van der Waals surface area (Å²) < 4.78 is 15.8. The van der Waals surface area contributed by atoms with Gasteiger partial charge in [0.05, 0.1) is 25.7 Å². The Labute approximate surface area is 139 Å². The third kappa shape index (κ3) is 4.77. The number of benzene rings is 1. The third-order valence-corrected chi connectivity index (χ3v) is 3.26. The number of amides is 2. The molecule has 0 radical (unpaired) electrons. The molecule has 0 spiro atoms. The number of hydrazine groups is 1. The van der Waals surface area contributed by atoms with Gasteiger partial charge in [0.2, 0.25) is 5.91 Å². The fraction of sp³-hybridized carbons (Fsp3) is 0.294. The molecule has 2 amide bonds. The molecule has 128 valence electrons. The van der Waals surface area contributed by atoms with Gasteiger partial charge in [-0.05, 0) is 44.2 Å². The highest BCUT2D eigenvalue weighted by molar-refractivity contribution is 5.96. The van der Waals surface area contributed by atoms with E-state index >= 15 is 0 Å². The van der Waals surface area contributed by atoms with E-state index in [1.807, 2.05) is 0 Å². The molecule has 0 saturated carbocycles. The summed E-state index contributed by atoms with van der Waals surface area (Å²) in [5, 5.41) is 0. The van der Waals surface area contributed by atoms with Crippen LogP contribution in [0.5, 0.6) is 11.5 Å². The molecule has 0 atom stereocenters. The van der Waals surface area contributed by atoms with Crippen LogP contribution < -0.4 is 20.3 Å². The molecule has 0 fully saturated rings. The van der Waals surface area contributed by atoms with Gasteiger partial charge in [-0.15, -0.1) is 0 Å². The van der Waals surface area contributed by atoms with Crippen LogP contribution in [0.4, 0.5) is 0 Å². The van der Waals surface area contributed by atoms with Crippen molar-refractivity contribution >= 4 is 11.8 Å². The predicted octanol–water partition coefficient (Wildman–Crippen LogP) is 2.14. The minimum Gasteiger partial charge on any atom is -0.497 e. The van der Waals surface area contributed by atoms with Crippen molar-refractivity contribution in [3.63, 3.8) is 0 Å². The van der Waals surface area contributed by atoms with Gasteiger partial charge in [-0.1, -0.05) is 0 Å². The molecule has 0 saturated heterocycles. The standard InChI is InChI=1S/C17H20N2O5/c1-11-10-15(12(2)24-11)17(21)19-18-16(20)8-9-23-14-6-4-13(22-3)5-7-14/h4-7,10H,8-9H2,1-3H3,(H,18,20)(H,19,21). The first-order valence-electron chi connectivity index (χ1n) is 7.42. The predicted molar refractivity (Wildman–Crippen MR) is 86.9 cm³/mol. The second kappa shape index (κ2) is 8.05. The van der Waals surface area contributed by atoms with Crippen LogP contribution in [0.1, 0.15) is 28.3 Å². The number of carbonyl (C=O) groups excluding carboxylic acids is 2. The van der Waals surface area contributed by atoms with E-state index in [0.29, 0.717) is 22.8 Å². The molecule has 7 heteroatoms. The fourth-order valence-electron chi connectivity index (χ4n) is 2.05.